The SMILES string of the molecule is Clc1cccc2c1cnn2C1CCNC1. The molecule has 1 aromatic heterocycles. The van der Waals surface area contributed by atoms with E-state index >= 15 is 0 Å². The normalized spacial score (nSPS) is 21.3. The third-order valence-corrected chi connectivity index (χ3v) is 3.30. The van der Waals surface area contributed by atoms with Gasteiger partial charge in [-0.15, -0.1) is 0 Å². The van der Waals surface area contributed by atoms with Crippen molar-refractivity contribution in [2.24, 2.45) is 0 Å². The summed E-state index contributed by atoms with van der Waals surface area (Å²) in [5, 5.41) is 9.61. The summed E-state index contributed by atoms with van der Waals surface area (Å²) in [7, 11) is 0. The maximum Gasteiger partial charge on any atom is 0.0701 e. The van der Waals surface area contributed by atoms with Gasteiger partial charge in [-0.2, -0.15) is 5.10 Å². The molecule has 0 saturated carbocycles. The number of hydrogen-bond acceptors (Lipinski definition) is 2. The van der Waals surface area contributed by atoms with Crippen molar-refractivity contribution in [2.45, 2.75) is 12.5 Å². The summed E-state index contributed by atoms with van der Waals surface area (Å²) in [6.07, 6.45) is 3.00. The van der Waals surface area contributed by atoms with Crippen LogP contribution in [0.3, 0.4) is 0 Å². The van der Waals surface area contributed by atoms with Crippen molar-refractivity contribution < 1.29 is 0 Å². The molecule has 1 fully saturated rings. The summed E-state index contributed by atoms with van der Waals surface area (Å²) in [4.78, 5) is 0. The zero-order chi connectivity index (χ0) is 10.3. The lowest BCUT2D eigenvalue weighted by Crippen LogP contribution is -2.14. The fraction of sp³-hybridized carbons (Fsp3) is 0.364. The predicted molar refractivity (Wildman–Crippen MR) is 61.3 cm³/mol. The molecule has 1 aliphatic rings. The Balaban J connectivity index is 2.15. The van der Waals surface area contributed by atoms with Gasteiger partial charge in [0.1, 0.15) is 0 Å². The van der Waals surface area contributed by atoms with Gasteiger partial charge < -0.3 is 5.32 Å². The Morgan fingerprint density at radius 1 is 1.47 bits per heavy atom. The number of halogens is 1. The van der Waals surface area contributed by atoms with Crippen LogP contribution in [0, 0.1) is 0 Å². The second-order valence-electron chi connectivity index (χ2n) is 3.91. The van der Waals surface area contributed by atoms with Crippen molar-refractivity contribution in [3.63, 3.8) is 0 Å². The molecular formula is C11H12ClN3. The summed E-state index contributed by atoms with van der Waals surface area (Å²) in [6.45, 7) is 2.08. The molecule has 3 rings (SSSR count). The monoisotopic (exact) mass is 221 g/mol. The van der Waals surface area contributed by atoms with E-state index < -0.39 is 0 Å². The Bertz CT molecular complexity index is 486. The molecule has 0 radical (unpaired) electrons. The van der Waals surface area contributed by atoms with Gasteiger partial charge in [0, 0.05) is 11.9 Å². The van der Waals surface area contributed by atoms with Crippen LogP contribution in [0.4, 0.5) is 0 Å². The highest BCUT2D eigenvalue weighted by Gasteiger charge is 2.19. The fourth-order valence-electron chi connectivity index (χ4n) is 2.17. The van der Waals surface area contributed by atoms with E-state index in [1.807, 2.05) is 18.3 Å². The quantitative estimate of drug-likeness (QED) is 0.801. The molecule has 0 amide bonds. The fourth-order valence-corrected chi connectivity index (χ4v) is 2.39. The highest BCUT2D eigenvalue weighted by Crippen LogP contribution is 2.26. The zero-order valence-electron chi connectivity index (χ0n) is 8.28. The van der Waals surface area contributed by atoms with Crippen LogP contribution in [0.1, 0.15) is 12.5 Å². The molecule has 1 unspecified atom stereocenters. The minimum Gasteiger partial charge on any atom is -0.315 e. The maximum atomic E-state index is 6.11. The molecule has 3 nitrogen and oxygen atoms in total. The first-order chi connectivity index (χ1) is 7.36. The van der Waals surface area contributed by atoms with Gasteiger partial charge in [0.05, 0.1) is 22.8 Å². The van der Waals surface area contributed by atoms with Gasteiger partial charge in [0.15, 0.2) is 0 Å². The van der Waals surface area contributed by atoms with Gasteiger partial charge in [-0.25, -0.2) is 0 Å². The number of hydrogen-bond donors (Lipinski definition) is 1. The number of benzene rings is 1. The molecule has 2 aromatic rings. The molecule has 1 aliphatic heterocycles. The topological polar surface area (TPSA) is 29.9 Å². The standard InChI is InChI=1S/C11H12ClN3/c12-10-2-1-3-11-9(10)7-14-15(11)8-4-5-13-6-8/h1-3,7-8,13H,4-6H2. The van der Waals surface area contributed by atoms with Gasteiger partial charge >= 0.3 is 0 Å². The Morgan fingerprint density at radius 2 is 2.40 bits per heavy atom. The zero-order valence-corrected chi connectivity index (χ0v) is 9.04. The smallest absolute Gasteiger partial charge is 0.0701 e. The Morgan fingerprint density at radius 3 is 3.20 bits per heavy atom. The second-order valence-corrected chi connectivity index (χ2v) is 4.32. The lowest BCUT2D eigenvalue weighted by atomic mass is 10.2. The average Bonchev–Trinajstić information content (AvgIpc) is 2.85. The van der Waals surface area contributed by atoms with E-state index in [4.69, 9.17) is 11.6 Å². The third-order valence-electron chi connectivity index (χ3n) is 2.97. The van der Waals surface area contributed by atoms with Crippen molar-refractivity contribution in [2.75, 3.05) is 13.1 Å². The first-order valence-electron chi connectivity index (χ1n) is 5.19. The molecular weight excluding hydrogens is 210 g/mol. The summed E-state index contributed by atoms with van der Waals surface area (Å²) in [6, 6.07) is 6.43. The minimum atomic E-state index is 0.473. The number of nitrogens with zero attached hydrogens (tertiary/aromatic N) is 2. The average molecular weight is 222 g/mol. The van der Waals surface area contributed by atoms with Crippen LogP contribution in [0.25, 0.3) is 10.9 Å². The van der Waals surface area contributed by atoms with Crippen LogP contribution in [0.5, 0.6) is 0 Å². The van der Waals surface area contributed by atoms with E-state index in [-0.39, 0.29) is 0 Å². The van der Waals surface area contributed by atoms with E-state index in [0.717, 1.165) is 35.4 Å². The molecule has 1 aromatic carbocycles. The number of aromatic nitrogens is 2. The van der Waals surface area contributed by atoms with E-state index in [1.165, 1.54) is 0 Å². The Hall–Kier alpha value is -1.06. The van der Waals surface area contributed by atoms with Crippen molar-refractivity contribution in [3.05, 3.63) is 29.4 Å². The van der Waals surface area contributed by atoms with Gasteiger partial charge in [-0.3, -0.25) is 4.68 Å². The van der Waals surface area contributed by atoms with Crippen molar-refractivity contribution in [1.82, 2.24) is 15.1 Å². The summed E-state index contributed by atoms with van der Waals surface area (Å²) in [5.41, 5.74) is 1.14. The molecule has 1 atom stereocenters. The van der Waals surface area contributed by atoms with Crippen LogP contribution in [0.15, 0.2) is 24.4 Å². The molecule has 78 valence electrons. The predicted octanol–water partition coefficient (Wildman–Crippen LogP) is 2.22. The van der Waals surface area contributed by atoms with Gasteiger partial charge in [0.2, 0.25) is 0 Å². The van der Waals surface area contributed by atoms with E-state index in [9.17, 15) is 0 Å². The summed E-state index contributed by atoms with van der Waals surface area (Å²) in [5.74, 6) is 0. The van der Waals surface area contributed by atoms with Crippen LogP contribution in [0.2, 0.25) is 5.02 Å². The van der Waals surface area contributed by atoms with E-state index in [2.05, 4.69) is 21.2 Å². The molecule has 1 saturated heterocycles. The first-order valence-corrected chi connectivity index (χ1v) is 5.56. The minimum absolute atomic E-state index is 0.473. The Labute approximate surface area is 93.0 Å². The highest BCUT2D eigenvalue weighted by atomic mass is 35.5. The Kier molecular flexibility index (Phi) is 2.15. The van der Waals surface area contributed by atoms with Crippen LogP contribution < -0.4 is 5.32 Å². The molecule has 15 heavy (non-hydrogen) atoms. The molecule has 4 heteroatoms. The van der Waals surface area contributed by atoms with E-state index in [0.29, 0.717) is 6.04 Å². The molecule has 0 bridgehead atoms. The van der Waals surface area contributed by atoms with Gasteiger partial charge in [-0.05, 0) is 25.1 Å². The molecule has 0 aliphatic carbocycles. The van der Waals surface area contributed by atoms with Gasteiger partial charge in [-0.1, -0.05) is 17.7 Å². The molecule has 0 spiro atoms. The van der Waals surface area contributed by atoms with Crippen molar-refractivity contribution in [1.29, 1.82) is 0 Å². The lowest BCUT2D eigenvalue weighted by Gasteiger charge is -2.10. The molecule has 1 N–H and O–H groups in total. The van der Waals surface area contributed by atoms with Crippen LogP contribution in [-0.4, -0.2) is 22.9 Å². The number of rotatable bonds is 1. The van der Waals surface area contributed by atoms with Crippen molar-refractivity contribution in [3.8, 4) is 0 Å². The van der Waals surface area contributed by atoms with Crippen molar-refractivity contribution >= 4 is 22.5 Å². The number of nitrogens with one attached hydrogen (secondary N) is 1. The second kappa shape index (κ2) is 3.51. The largest absolute Gasteiger partial charge is 0.315 e. The highest BCUT2D eigenvalue weighted by molar-refractivity contribution is 6.35. The van der Waals surface area contributed by atoms with Crippen LogP contribution in [-0.2, 0) is 0 Å². The first kappa shape index (κ1) is 9.19. The lowest BCUT2D eigenvalue weighted by molar-refractivity contribution is 0.506. The summed E-state index contributed by atoms with van der Waals surface area (Å²) >= 11 is 6.11. The number of fused-ring (bicyclic) bond motifs is 1. The third kappa shape index (κ3) is 1.43. The maximum absolute atomic E-state index is 6.11. The van der Waals surface area contributed by atoms with Gasteiger partial charge in [0.25, 0.3) is 0 Å². The van der Waals surface area contributed by atoms with E-state index in [1.54, 1.807) is 0 Å². The molecule has 2 heterocycles. The summed E-state index contributed by atoms with van der Waals surface area (Å²) < 4.78 is 2.08. The van der Waals surface area contributed by atoms with Crippen LogP contribution >= 0.6 is 11.6 Å².